The maximum Gasteiger partial charge on any atom is 0.307 e. The molecule has 0 aromatic heterocycles. The van der Waals surface area contributed by atoms with Crippen molar-refractivity contribution < 1.29 is 14.6 Å². The van der Waals surface area contributed by atoms with E-state index in [4.69, 9.17) is 16.3 Å². The lowest BCUT2D eigenvalue weighted by Gasteiger charge is -2.39. The Morgan fingerprint density at radius 3 is 2.59 bits per heavy atom. The molecular formula is C20H22ClN3O3. The first-order chi connectivity index (χ1) is 13.1. The summed E-state index contributed by atoms with van der Waals surface area (Å²) < 4.78 is 5.47. The fraction of sp³-hybridized carbons (Fsp3) is 0.350. The molecule has 142 valence electrons. The van der Waals surface area contributed by atoms with Crippen LogP contribution in [0.1, 0.15) is 29.6 Å². The van der Waals surface area contributed by atoms with Gasteiger partial charge in [-0.3, -0.25) is 10.1 Å². The van der Waals surface area contributed by atoms with Crippen LogP contribution in [0.25, 0.3) is 0 Å². The number of methoxy groups -OCH3 is 1. The summed E-state index contributed by atoms with van der Waals surface area (Å²) in [5, 5.41) is 14.2. The zero-order valence-corrected chi connectivity index (χ0v) is 15.6. The SMILES string of the molecule is COc1ccccc1C1CC(C(=O)O)C2C(NNC2c2ccc(Cl)cc2)N1. The van der Waals surface area contributed by atoms with Crippen molar-refractivity contribution in [1.29, 1.82) is 0 Å². The minimum absolute atomic E-state index is 0.109. The Morgan fingerprint density at radius 2 is 1.89 bits per heavy atom. The molecule has 2 aliphatic rings. The zero-order chi connectivity index (χ0) is 19.0. The van der Waals surface area contributed by atoms with E-state index in [0.717, 1.165) is 16.9 Å². The Labute approximate surface area is 162 Å². The number of ether oxygens (including phenoxy) is 1. The number of benzene rings is 2. The maximum absolute atomic E-state index is 12.1. The van der Waals surface area contributed by atoms with Gasteiger partial charge in [0.05, 0.1) is 25.2 Å². The number of hydrogen-bond acceptors (Lipinski definition) is 5. The molecule has 5 unspecified atom stereocenters. The number of carbonyl (C=O) groups is 1. The normalized spacial score (nSPS) is 29.9. The molecule has 5 atom stereocenters. The highest BCUT2D eigenvalue weighted by Crippen LogP contribution is 2.43. The van der Waals surface area contributed by atoms with Gasteiger partial charge in [0.15, 0.2) is 0 Å². The van der Waals surface area contributed by atoms with Crippen molar-refractivity contribution in [3.05, 3.63) is 64.7 Å². The van der Waals surface area contributed by atoms with E-state index in [-0.39, 0.29) is 24.2 Å². The summed E-state index contributed by atoms with van der Waals surface area (Å²) in [6, 6.07) is 15.0. The molecule has 2 aliphatic heterocycles. The van der Waals surface area contributed by atoms with Gasteiger partial charge in [0.25, 0.3) is 0 Å². The molecule has 2 fully saturated rings. The van der Waals surface area contributed by atoms with Crippen LogP contribution in [0, 0.1) is 11.8 Å². The van der Waals surface area contributed by atoms with E-state index in [1.165, 1.54) is 0 Å². The second-order valence-corrected chi connectivity index (χ2v) is 7.45. The van der Waals surface area contributed by atoms with Crippen LogP contribution in [-0.4, -0.2) is 24.4 Å². The Morgan fingerprint density at radius 1 is 1.15 bits per heavy atom. The molecule has 0 spiro atoms. The van der Waals surface area contributed by atoms with Crippen molar-refractivity contribution in [3.63, 3.8) is 0 Å². The summed E-state index contributed by atoms with van der Waals surface area (Å²) in [5.41, 5.74) is 8.51. The van der Waals surface area contributed by atoms with Gasteiger partial charge in [0, 0.05) is 22.5 Å². The largest absolute Gasteiger partial charge is 0.496 e. The third-order valence-corrected chi connectivity index (χ3v) is 5.81. The Hall–Kier alpha value is -2.12. The Bertz CT molecular complexity index is 829. The molecule has 7 heteroatoms. The van der Waals surface area contributed by atoms with Gasteiger partial charge in [-0.15, -0.1) is 0 Å². The lowest BCUT2D eigenvalue weighted by molar-refractivity contribution is -0.146. The molecule has 4 rings (SSSR count). The van der Waals surface area contributed by atoms with E-state index in [9.17, 15) is 9.90 Å². The highest BCUT2D eigenvalue weighted by atomic mass is 35.5. The minimum Gasteiger partial charge on any atom is -0.496 e. The number of piperidine rings is 1. The van der Waals surface area contributed by atoms with E-state index >= 15 is 0 Å². The number of aliphatic carboxylic acids is 1. The van der Waals surface area contributed by atoms with Crippen molar-refractivity contribution in [3.8, 4) is 5.75 Å². The molecule has 6 nitrogen and oxygen atoms in total. The third kappa shape index (κ3) is 3.41. The van der Waals surface area contributed by atoms with E-state index in [0.29, 0.717) is 11.4 Å². The number of rotatable bonds is 4. The predicted octanol–water partition coefficient (Wildman–Crippen LogP) is 2.88. The van der Waals surface area contributed by atoms with Crippen LogP contribution in [0.5, 0.6) is 5.75 Å². The minimum atomic E-state index is -0.782. The Balaban J connectivity index is 1.64. The molecule has 4 N–H and O–H groups in total. The van der Waals surface area contributed by atoms with Gasteiger partial charge in [-0.2, -0.15) is 0 Å². The van der Waals surface area contributed by atoms with Gasteiger partial charge in [0.1, 0.15) is 5.75 Å². The lowest BCUT2D eigenvalue weighted by Crippen LogP contribution is -2.53. The van der Waals surface area contributed by atoms with Crippen molar-refractivity contribution in [1.82, 2.24) is 16.2 Å². The number of carboxylic acid groups (broad SMARTS) is 1. The van der Waals surface area contributed by atoms with E-state index in [1.54, 1.807) is 7.11 Å². The summed E-state index contributed by atoms with van der Waals surface area (Å²) in [7, 11) is 1.63. The zero-order valence-electron chi connectivity index (χ0n) is 14.9. The van der Waals surface area contributed by atoms with E-state index < -0.39 is 11.9 Å². The standard InChI is InChI=1S/C20H22ClN3O3/c1-27-16-5-3-2-4-13(16)15-10-14(20(25)26)17-18(23-24-19(17)22-15)11-6-8-12(21)9-7-11/h2-9,14-15,17-19,22-24H,10H2,1H3,(H,25,26). The van der Waals surface area contributed by atoms with E-state index in [1.807, 2.05) is 48.5 Å². The lowest BCUT2D eigenvalue weighted by atomic mass is 9.74. The number of hydrazine groups is 1. The van der Waals surface area contributed by atoms with Crippen LogP contribution in [0.2, 0.25) is 5.02 Å². The molecule has 2 aromatic rings. The van der Waals surface area contributed by atoms with Gasteiger partial charge in [0.2, 0.25) is 0 Å². The average molecular weight is 388 g/mol. The molecular weight excluding hydrogens is 366 g/mol. The second kappa shape index (κ2) is 7.48. The van der Waals surface area contributed by atoms with Gasteiger partial charge in [-0.05, 0) is 30.2 Å². The van der Waals surface area contributed by atoms with E-state index in [2.05, 4.69) is 16.2 Å². The van der Waals surface area contributed by atoms with Crippen molar-refractivity contribution in [2.24, 2.45) is 11.8 Å². The summed E-state index contributed by atoms with van der Waals surface area (Å²) in [5.74, 6) is -0.655. The van der Waals surface area contributed by atoms with Gasteiger partial charge >= 0.3 is 5.97 Å². The molecule has 0 aliphatic carbocycles. The first kappa shape index (κ1) is 18.3. The van der Waals surface area contributed by atoms with Crippen LogP contribution in [-0.2, 0) is 4.79 Å². The summed E-state index contributed by atoms with van der Waals surface area (Å²) >= 11 is 6.00. The smallest absolute Gasteiger partial charge is 0.307 e. The van der Waals surface area contributed by atoms with Crippen LogP contribution in [0.15, 0.2) is 48.5 Å². The monoisotopic (exact) mass is 387 g/mol. The number of carboxylic acids is 1. The Kier molecular flexibility index (Phi) is 5.06. The fourth-order valence-corrected chi connectivity index (χ4v) is 4.42. The maximum atomic E-state index is 12.1. The third-order valence-electron chi connectivity index (χ3n) is 5.56. The van der Waals surface area contributed by atoms with Crippen LogP contribution in [0.4, 0.5) is 0 Å². The highest BCUT2D eigenvalue weighted by Gasteiger charge is 2.49. The van der Waals surface area contributed by atoms with Crippen LogP contribution < -0.4 is 20.9 Å². The van der Waals surface area contributed by atoms with Gasteiger partial charge in [-0.1, -0.05) is 41.9 Å². The number of para-hydroxylation sites is 1. The number of hydrogen-bond donors (Lipinski definition) is 4. The number of fused-ring (bicyclic) bond motifs is 1. The molecule has 0 bridgehead atoms. The second-order valence-electron chi connectivity index (χ2n) is 7.01. The fourth-order valence-electron chi connectivity index (χ4n) is 4.29. The molecule has 0 amide bonds. The summed E-state index contributed by atoms with van der Waals surface area (Å²) in [4.78, 5) is 12.1. The number of halogens is 1. The van der Waals surface area contributed by atoms with Crippen molar-refractivity contribution in [2.45, 2.75) is 24.7 Å². The molecule has 2 saturated heterocycles. The summed E-state index contributed by atoms with van der Waals surface area (Å²) in [6.45, 7) is 0. The molecule has 2 aromatic carbocycles. The van der Waals surface area contributed by atoms with Crippen molar-refractivity contribution in [2.75, 3.05) is 7.11 Å². The van der Waals surface area contributed by atoms with Crippen LogP contribution in [0.3, 0.4) is 0 Å². The van der Waals surface area contributed by atoms with Gasteiger partial charge in [-0.25, -0.2) is 10.9 Å². The predicted molar refractivity (Wildman–Crippen MR) is 102 cm³/mol. The highest BCUT2D eigenvalue weighted by molar-refractivity contribution is 6.30. The molecule has 27 heavy (non-hydrogen) atoms. The van der Waals surface area contributed by atoms with Crippen molar-refractivity contribution >= 4 is 17.6 Å². The first-order valence-corrected chi connectivity index (χ1v) is 9.34. The topological polar surface area (TPSA) is 82.6 Å². The molecule has 2 heterocycles. The van der Waals surface area contributed by atoms with Crippen LogP contribution >= 0.6 is 11.6 Å². The number of nitrogens with one attached hydrogen (secondary N) is 3. The molecule has 0 radical (unpaired) electrons. The van der Waals surface area contributed by atoms with Gasteiger partial charge < -0.3 is 9.84 Å². The first-order valence-electron chi connectivity index (χ1n) is 8.97. The quantitative estimate of drug-likeness (QED) is 0.645. The average Bonchev–Trinajstić information content (AvgIpc) is 3.11. The summed E-state index contributed by atoms with van der Waals surface area (Å²) in [6.07, 6.45) is 0.320. The molecule has 0 saturated carbocycles.